The number of aliphatic hydroxyl groups excluding tert-OH is 1. The van der Waals surface area contributed by atoms with Crippen LogP contribution in [0.5, 0.6) is 5.75 Å². The number of rotatable bonds is 5. The second kappa shape index (κ2) is 8.32. The molecule has 1 aliphatic heterocycles. The van der Waals surface area contributed by atoms with Gasteiger partial charge in [-0.15, -0.1) is 0 Å². The molecule has 1 saturated heterocycles. The number of carbonyl (C=O) groups excluding carboxylic acids is 1. The van der Waals surface area contributed by atoms with E-state index in [-0.39, 0.29) is 12.1 Å². The molecule has 1 saturated carbocycles. The zero-order chi connectivity index (χ0) is 21.4. The van der Waals surface area contributed by atoms with Crippen LogP contribution in [0.3, 0.4) is 0 Å². The average Bonchev–Trinajstić information content (AvgIpc) is 3.37. The number of aromatic amines is 1. The number of pyridine rings is 1. The highest BCUT2D eigenvalue weighted by Crippen LogP contribution is 2.38. The topological polar surface area (TPSA) is 87.7 Å². The molecule has 162 valence electrons. The van der Waals surface area contributed by atoms with Crippen molar-refractivity contribution in [3.05, 3.63) is 60.0 Å². The van der Waals surface area contributed by atoms with Gasteiger partial charge in [-0.25, -0.2) is 4.79 Å². The number of aliphatic hydroxyl groups is 1. The van der Waals surface area contributed by atoms with Crippen LogP contribution in [0.2, 0.25) is 0 Å². The Bertz CT molecular complexity index is 1060. The van der Waals surface area contributed by atoms with E-state index in [0.29, 0.717) is 23.1 Å². The lowest BCUT2D eigenvalue weighted by Crippen LogP contribution is -2.42. The van der Waals surface area contributed by atoms with Crippen LogP contribution in [0.15, 0.2) is 48.9 Å². The van der Waals surface area contributed by atoms with Crippen LogP contribution in [0.25, 0.3) is 10.9 Å². The van der Waals surface area contributed by atoms with Crippen LogP contribution in [0, 0.1) is 11.8 Å². The fourth-order valence-corrected chi connectivity index (χ4v) is 5.11. The fraction of sp³-hybridized carbons (Fsp3) is 0.417. The molecule has 2 aromatic heterocycles. The predicted octanol–water partition coefficient (Wildman–Crippen LogP) is 3.00. The number of ether oxygens (including phenoxy) is 2. The van der Waals surface area contributed by atoms with Crippen molar-refractivity contribution in [3.8, 4) is 5.75 Å². The third-order valence-corrected chi connectivity index (χ3v) is 6.69. The molecule has 31 heavy (non-hydrogen) atoms. The van der Waals surface area contributed by atoms with Gasteiger partial charge in [-0.1, -0.05) is 0 Å². The van der Waals surface area contributed by atoms with Crippen molar-refractivity contribution in [2.24, 2.45) is 11.8 Å². The Morgan fingerprint density at radius 3 is 2.74 bits per heavy atom. The lowest BCUT2D eigenvalue weighted by molar-refractivity contribution is -0.0231. The van der Waals surface area contributed by atoms with Gasteiger partial charge in [-0.05, 0) is 60.6 Å². The summed E-state index contributed by atoms with van der Waals surface area (Å²) in [5.74, 6) is 1.29. The van der Waals surface area contributed by atoms with Gasteiger partial charge in [-0.3, -0.25) is 9.88 Å². The number of benzene rings is 1. The van der Waals surface area contributed by atoms with E-state index in [2.05, 4.69) is 27.1 Å². The van der Waals surface area contributed by atoms with E-state index >= 15 is 0 Å². The van der Waals surface area contributed by atoms with Crippen LogP contribution in [0.4, 0.5) is 0 Å². The molecule has 7 heteroatoms. The Hall–Kier alpha value is -2.90. The first-order valence-electron chi connectivity index (χ1n) is 10.8. The summed E-state index contributed by atoms with van der Waals surface area (Å²) < 4.78 is 10.8. The summed E-state index contributed by atoms with van der Waals surface area (Å²) in [6.45, 7) is 2.91. The Kier molecular flexibility index (Phi) is 5.38. The number of hydrogen-bond donors (Lipinski definition) is 2. The van der Waals surface area contributed by atoms with Gasteiger partial charge in [0, 0.05) is 37.4 Å². The third kappa shape index (κ3) is 4.03. The van der Waals surface area contributed by atoms with E-state index < -0.39 is 6.10 Å². The molecule has 2 N–H and O–H groups in total. The number of H-pyrrole nitrogens is 1. The van der Waals surface area contributed by atoms with E-state index in [1.54, 1.807) is 24.3 Å². The number of aromatic nitrogens is 2. The molecule has 7 nitrogen and oxygen atoms in total. The van der Waals surface area contributed by atoms with Crippen LogP contribution < -0.4 is 4.74 Å². The first kappa shape index (κ1) is 20.0. The standard InChI is InChI=1S/C24H27N3O4/c1-30-24(29)15-2-4-19(5-3-15)31-23-9-17-13-27(12-16(17)8-22(23)28)14-18-10-26-21-11-25-7-6-20(18)21/h2-7,10-11,16-17,22-23,26,28H,8-9,12-14H2,1H3/t16-,17+,22+,23+/m0/s1. The van der Waals surface area contributed by atoms with Crippen molar-refractivity contribution in [1.29, 1.82) is 0 Å². The maximum Gasteiger partial charge on any atom is 0.337 e. The van der Waals surface area contributed by atoms with E-state index in [4.69, 9.17) is 9.47 Å². The second-order valence-corrected chi connectivity index (χ2v) is 8.66. The Labute approximate surface area is 181 Å². The van der Waals surface area contributed by atoms with Crippen molar-refractivity contribution < 1.29 is 19.4 Å². The second-order valence-electron chi connectivity index (χ2n) is 8.66. The van der Waals surface area contributed by atoms with Crippen molar-refractivity contribution in [1.82, 2.24) is 14.9 Å². The SMILES string of the molecule is COC(=O)c1ccc(O[C@@H]2C[C@@H]3CN(Cc4c[nH]c5cnccc45)C[C@@H]3C[C@H]2O)cc1. The Balaban J connectivity index is 1.22. The van der Waals surface area contributed by atoms with Crippen molar-refractivity contribution in [2.45, 2.75) is 31.6 Å². The summed E-state index contributed by atoms with van der Waals surface area (Å²) in [5.41, 5.74) is 2.84. The number of esters is 1. The van der Waals surface area contributed by atoms with Crippen molar-refractivity contribution in [3.63, 3.8) is 0 Å². The summed E-state index contributed by atoms with van der Waals surface area (Å²) in [6.07, 6.45) is 6.64. The van der Waals surface area contributed by atoms with E-state index in [1.165, 1.54) is 18.1 Å². The zero-order valence-corrected chi connectivity index (χ0v) is 17.5. The zero-order valence-electron chi connectivity index (χ0n) is 17.5. The van der Waals surface area contributed by atoms with Crippen LogP contribution >= 0.6 is 0 Å². The minimum absolute atomic E-state index is 0.232. The maximum atomic E-state index is 11.6. The maximum absolute atomic E-state index is 11.6. The summed E-state index contributed by atoms with van der Waals surface area (Å²) in [5, 5.41) is 11.9. The van der Waals surface area contributed by atoms with Gasteiger partial charge in [0.25, 0.3) is 0 Å². The number of nitrogens with one attached hydrogen (secondary N) is 1. The number of carbonyl (C=O) groups is 1. The van der Waals surface area contributed by atoms with Crippen LogP contribution in [-0.2, 0) is 11.3 Å². The number of methoxy groups -OCH3 is 1. The third-order valence-electron chi connectivity index (χ3n) is 6.69. The van der Waals surface area contributed by atoms with Gasteiger partial charge in [0.1, 0.15) is 11.9 Å². The lowest BCUT2D eigenvalue weighted by Gasteiger charge is -2.35. The summed E-state index contributed by atoms with van der Waals surface area (Å²) in [7, 11) is 1.36. The number of likely N-dealkylation sites (tertiary alicyclic amines) is 1. The monoisotopic (exact) mass is 421 g/mol. The van der Waals surface area contributed by atoms with Crippen molar-refractivity contribution in [2.75, 3.05) is 20.2 Å². The highest BCUT2D eigenvalue weighted by Gasteiger charge is 2.42. The highest BCUT2D eigenvalue weighted by atomic mass is 16.5. The number of nitrogens with zero attached hydrogens (tertiary/aromatic N) is 2. The highest BCUT2D eigenvalue weighted by molar-refractivity contribution is 5.89. The molecule has 0 unspecified atom stereocenters. The van der Waals surface area contributed by atoms with Gasteiger partial charge in [0.05, 0.1) is 30.5 Å². The van der Waals surface area contributed by atoms with E-state index in [0.717, 1.165) is 38.0 Å². The van der Waals surface area contributed by atoms with Gasteiger partial charge < -0.3 is 19.6 Å². The van der Waals surface area contributed by atoms with E-state index in [9.17, 15) is 9.90 Å². The van der Waals surface area contributed by atoms with Gasteiger partial charge >= 0.3 is 5.97 Å². The summed E-state index contributed by atoms with van der Waals surface area (Å²) in [6, 6.07) is 8.96. The number of fused-ring (bicyclic) bond motifs is 2. The first-order valence-corrected chi connectivity index (χ1v) is 10.8. The molecule has 3 aromatic rings. The molecule has 1 aromatic carbocycles. The minimum atomic E-state index is -0.486. The van der Waals surface area contributed by atoms with Crippen molar-refractivity contribution >= 4 is 16.9 Å². The molecule has 4 atom stereocenters. The predicted molar refractivity (Wildman–Crippen MR) is 116 cm³/mol. The number of hydrogen-bond acceptors (Lipinski definition) is 6. The van der Waals surface area contributed by atoms with Gasteiger partial charge in [0.2, 0.25) is 0 Å². The molecule has 0 amide bonds. The molecule has 2 aliphatic rings. The lowest BCUT2D eigenvalue weighted by atomic mass is 9.78. The van der Waals surface area contributed by atoms with Crippen LogP contribution in [-0.4, -0.2) is 58.4 Å². The fourth-order valence-electron chi connectivity index (χ4n) is 5.11. The largest absolute Gasteiger partial charge is 0.488 e. The quantitative estimate of drug-likeness (QED) is 0.616. The first-order chi connectivity index (χ1) is 15.1. The molecule has 0 bridgehead atoms. The molecule has 0 radical (unpaired) electrons. The molecule has 3 heterocycles. The van der Waals surface area contributed by atoms with E-state index in [1.807, 2.05) is 12.4 Å². The van der Waals surface area contributed by atoms with Crippen LogP contribution in [0.1, 0.15) is 28.8 Å². The molecular formula is C24H27N3O4. The normalized spacial score (nSPS) is 26.0. The minimum Gasteiger partial charge on any atom is -0.488 e. The summed E-state index contributed by atoms with van der Waals surface area (Å²) in [4.78, 5) is 21.6. The Morgan fingerprint density at radius 1 is 1.19 bits per heavy atom. The molecule has 5 rings (SSSR count). The average molecular weight is 421 g/mol. The molecule has 1 aliphatic carbocycles. The van der Waals surface area contributed by atoms with Gasteiger partial charge in [0.15, 0.2) is 0 Å². The molecule has 0 spiro atoms. The summed E-state index contributed by atoms with van der Waals surface area (Å²) >= 11 is 0. The smallest absolute Gasteiger partial charge is 0.337 e. The molecule has 2 fully saturated rings. The molecular weight excluding hydrogens is 394 g/mol. The Morgan fingerprint density at radius 2 is 1.97 bits per heavy atom. The van der Waals surface area contributed by atoms with Gasteiger partial charge in [-0.2, -0.15) is 0 Å².